The molecule has 3 rings (SSSR count). The maximum absolute atomic E-state index is 12.5. The molecule has 1 aromatic heterocycles. The Morgan fingerprint density at radius 1 is 1.07 bits per heavy atom. The van der Waals surface area contributed by atoms with Gasteiger partial charge in [-0.05, 0) is 6.07 Å². The molecule has 0 radical (unpaired) electrons. The number of thiazole rings is 1. The van der Waals surface area contributed by atoms with E-state index in [-0.39, 0.29) is 5.75 Å². The minimum atomic E-state index is -2.86. The summed E-state index contributed by atoms with van der Waals surface area (Å²) >= 11 is 1.58. The van der Waals surface area contributed by atoms with Gasteiger partial charge in [0.25, 0.3) is 0 Å². The second-order valence-electron chi connectivity index (χ2n) is 5.78. The van der Waals surface area contributed by atoms with Gasteiger partial charge in [-0.15, -0.1) is 11.3 Å². The number of alkyl halides is 2. The van der Waals surface area contributed by atoms with E-state index in [9.17, 15) is 8.78 Å². The number of benzene rings is 2. The zero-order chi connectivity index (χ0) is 19.8. The van der Waals surface area contributed by atoms with Crippen LogP contribution in [0.15, 0.2) is 65.0 Å². The molecular weight excluding hydrogens is 382 g/mol. The number of ether oxygens (including phenoxy) is 1. The summed E-state index contributed by atoms with van der Waals surface area (Å²) in [6.07, 6.45) is 0. The highest BCUT2D eigenvalue weighted by atomic mass is 32.1. The highest BCUT2D eigenvalue weighted by Crippen LogP contribution is 2.23. The molecule has 146 valence electrons. The Morgan fingerprint density at radius 2 is 1.79 bits per heavy atom. The molecule has 0 aliphatic heterocycles. The molecule has 0 spiro atoms. The van der Waals surface area contributed by atoms with E-state index in [4.69, 9.17) is 0 Å². The van der Waals surface area contributed by atoms with E-state index in [0.29, 0.717) is 24.6 Å². The van der Waals surface area contributed by atoms with Crippen molar-refractivity contribution in [2.75, 3.05) is 7.05 Å². The summed E-state index contributed by atoms with van der Waals surface area (Å²) in [6.45, 7) is -2.06. The van der Waals surface area contributed by atoms with Gasteiger partial charge in [0.05, 0.1) is 12.2 Å². The molecule has 0 aliphatic carbocycles. The van der Waals surface area contributed by atoms with Crippen molar-refractivity contribution < 1.29 is 13.5 Å². The zero-order valence-electron chi connectivity index (χ0n) is 15.2. The smallest absolute Gasteiger partial charge is 0.387 e. The molecule has 8 heteroatoms. The molecule has 5 nitrogen and oxygen atoms in total. The fourth-order valence-corrected chi connectivity index (χ4v) is 3.36. The summed E-state index contributed by atoms with van der Waals surface area (Å²) in [6, 6.07) is 16.6. The van der Waals surface area contributed by atoms with Crippen LogP contribution < -0.4 is 15.4 Å². The second-order valence-corrected chi connectivity index (χ2v) is 6.63. The molecule has 2 aromatic carbocycles. The van der Waals surface area contributed by atoms with Gasteiger partial charge in [0.1, 0.15) is 10.8 Å². The average Bonchev–Trinajstić information content (AvgIpc) is 3.18. The van der Waals surface area contributed by atoms with Crippen LogP contribution in [-0.4, -0.2) is 24.6 Å². The van der Waals surface area contributed by atoms with Gasteiger partial charge in [-0.1, -0.05) is 48.5 Å². The van der Waals surface area contributed by atoms with Crippen LogP contribution in [0.1, 0.15) is 11.3 Å². The van der Waals surface area contributed by atoms with Gasteiger partial charge in [-0.25, -0.2) is 4.98 Å². The van der Waals surface area contributed by atoms with E-state index in [1.165, 1.54) is 6.07 Å². The number of rotatable bonds is 7. The van der Waals surface area contributed by atoms with Crippen LogP contribution in [0.5, 0.6) is 5.75 Å². The van der Waals surface area contributed by atoms with Crippen molar-refractivity contribution in [1.82, 2.24) is 15.6 Å². The minimum Gasteiger partial charge on any atom is -0.434 e. The first-order chi connectivity index (χ1) is 13.7. The number of guanidine groups is 1. The Kier molecular flexibility index (Phi) is 6.91. The van der Waals surface area contributed by atoms with Gasteiger partial charge in [-0.2, -0.15) is 8.78 Å². The molecule has 0 saturated carbocycles. The van der Waals surface area contributed by atoms with Crippen LogP contribution in [0.3, 0.4) is 0 Å². The second kappa shape index (κ2) is 9.80. The van der Waals surface area contributed by atoms with Gasteiger partial charge in [0, 0.05) is 30.1 Å². The van der Waals surface area contributed by atoms with Crippen molar-refractivity contribution in [3.05, 3.63) is 71.2 Å². The molecule has 2 N–H and O–H groups in total. The van der Waals surface area contributed by atoms with Crippen molar-refractivity contribution in [3.63, 3.8) is 0 Å². The summed E-state index contributed by atoms with van der Waals surface area (Å²) in [4.78, 5) is 8.78. The Balaban J connectivity index is 1.55. The highest BCUT2D eigenvalue weighted by Gasteiger charge is 2.10. The number of nitrogens with zero attached hydrogens (tertiary/aromatic N) is 2. The molecule has 0 unspecified atom stereocenters. The lowest BCUT2D eigenvalue weighted by Crippen LogP contribution is -2.36. The first-order valence-corrected chi connectivity index (χ1v) is 9.50. The van der Waals surface area contributed by atoms with Crippen LogP contribution in [-0.2, 0) is 13.1 Å². The SMILES string of the molecule is CN=C(NCc1csc(-c2ccccc2)n1)NCc1ccccc1OC(F)F. The van der Waals surface area contributed by atoms with Gasteiger partial charge in [0.2, 0.25) is 0 Å². The van der Waals surface area contributed by atoms with Gasteiger partial charge < -0.3 is 15.4 Å². The van der Waals surface area contributed by atoms with E-state index in [2.05, 4.69) is 25.3 Å². The standard InChI is InChI=1S/C20H20F2N4OS/c1-23-20(24-11-15-9-5-6-10-17(15)27-19(21)22)25-12-16-13-28-18(26-16)14-7-3-2-4-8-14/h2-10,13,19H,11-12H2,1H3,(H2,23,24,25). The molecule has 28 heavy (non-hydrogen) atoms. The van der Waals surface area contributed by atoms with E-state index in [1.807, 2.05) is 35.7 Å². The predicted octanol–water partition coefficient (Wildman–Crippen LogP) is 4.28. The fourth-order valence-electron chi connectivity index (χ4n) is 2.54. The third kappa shape index (κ3) is 5.50. The van der Waals surface area contributed by atoms with Crippen molar-refractivity contribution in [2.24, 2.45) is 4.99 Å². The summed E-state index contributed by atoms with van der Waals surface area (Å²) < 4.78 is 29.6. The zero-order valence-corrected chi connectivity index (χ0v) is 16.0. The maximum Gasteiger partial charge on any atom is 0.387 e. The number of aliphatic imine (C=N–C) groups is 1. The van der Waals surface area contributed by atoms with E-state index in [0.717, 1.165) is 16.3 Å². The van der Waals surface area contributed by atoms with Gasteiger partial charge >= 0.3 is 6.61 Å². The van der Waals surface area contributed by atoms with E-state index < -0.39 is 6.61 Å². The third-order valence-electron chi connectivity index (χ3n) is 3.87. The fraction of sp³-hybridized carbons (Fsp3) is 0.200. The molecule has 0 amide bonds. The Labute approximate surface area is 166 Å². The highest BCUT2D eigenvalue weighted by molar-refractivity contribution is 7.13. The Bertz CT molecular complexity index is 915. The number of para-hydroxylation sites is 1. The molecule has 0 saturated heterocycles. The normalized spacial score (nSPS) is 11.5. The van der Waals surface area contributed by atoms with Crippen LogP contribution in [0.2, 0.25) is 0 Å². The van der Waals surface area contributed by atoms with Gasteiger partial charge in [-0.3, -0.25) is 4.99 Å². The molecule has 0 aliphatic rings. The van der Waals surface area contributed by atoms with Crippen LogP contribution >= 0.6 is 11.3 Å². The lowest BCUT2D eigenvalue weighted by atomic mass is 10.2. The number of hydrogen-bond donors (Lipinski definition) is 2. The van der Waals surface area contributed by atoms with Crippen molar-refractivity contribution in [2.45, 2.75) is 19.7 Å². The topological polar surface area (TPSA) is 58.5 Å². The average molecular weight is 402 g/mol. The summed E-state index contributed by atoms with van der Waals surface area (Å²) in [5.74, 6) is 0.688. The number of aromatic nitrogens is 1. The van der Waals surface area contributed by atoms with Crippen molar-refractivity contribution >= 4 is 17.3 Å². The van der Waals surface area contributed by atoms with Crippen LogP contribution in [0.25, 0.3) is 10.6 Å². The number of halogens is 2. The largest absolute Gasteiger partial charge is 0.434 e. The summed E-state index contributed by atoms with van der Waals surface area (Å²) in [5, 5.41) is 9.22. The van der Waals surface area contributed by atoms with Crippen LogP contribution in [0, 0.1) is 0 Å². The monoisotopic (exact) mass is 402 g/mol. The first kappa shape index (κ1) is 19.8. The first-order valence-electron chi connectivity index (χ1n) is 8.63. The summed E-state index contributed by atoms with van der Waals surface area (Å²) in [7, 11) is 1.65. The van der Waals surface area contributed by atoms with E-state index in [1.54, 1.807) is 36.6 Å². The quantitative estimate of drug-likeness (QED) is 0.458. The van der Waals surface area contributed by atoms with Crippen LogP contribution in [0.4, 0.5) is 8.78 Å². The molecular formula is C20H20F2N4OS. The van der Waals surface area contributed by atoms with E-state index >= 15 is 0 Å². The lowest BCUT2D eigenvalue weighted by molar-refractivity contribution is -0.0504. The van der Waals surface area contributed by atoms with Crippen molar-refractivity contribution in [1.29, 1.82) is 0 Å². The summed E-state index contributed by atoms with van der Waals surface area (Å²) in [5.41, 5.74) is 2.59. The predicted molar refractivity (Wildman–Crippen MR) is 108 cm³/mol. The maximum atomic E-state index is 12.5. The number of hydrogen-bond acceptors (Lipinski definition) is 4. The Hall–Kier alpha value is -3.00. The molecule has 0 bridgehead atoms. The van der Waals surface area contributed by atoms with Crippen molar-refractivity contribution in [3.8, 4) is 16.3 Å². The lowest BCUT2D eigenvalue weighted by Gasteiger charge is -2.14. The third-order valence-corrected chi connectivity index (χ3v) is 4.81. The Morgan fingerprint density at radius 3 is 2.54 bits per heavy atom. The molecule has 0 fully saturated rings. The number of nitrogens with one attached hydrogen (secondary N) is 2. The molecule has 1 heterocycles. The molecule has 0 atom stereocenters. The molecule has 3 aromatic rings. The van der Waals surface area contributed by atoms with Gasteiger partial charge in [0.15, 0.2) is 5.96 Å². The minimum absolute atomic E-state index is 0.146.